The lowest BCUT2D eigenvalue weighted by atomic mass is 9.98. The second kappa shape index (κ2) is 12.6. The molecule has 2 aliphatic heterocycles. The largest absolute Gasteiger partial charge is 0.466 e. The zero-order valence-electron chi connectivity index (χ0n) is 19.7. The van der Waals surface area contributed by atoms with Crippen LogP contribution in [0.2, 0.25) is 0 Å². The Hall–Kier alpha value is -2.59. The summed E-state index contributed by atoms with van der Waals surface area (Å²) in [6.07, 6.45) is 4.76. The fourth-order valence-electron chi connectivity index (χ4n) is 4.11. The maximum atomic E-state index is 13.1. The van der Waals surface area contributed by atoms with Gasteiger partial charge >= 0.3 is 5.97 Å². The molecule has 0 aliphatic carbocycles. The van der Waals surface area contributed by atoms with Gasteiger partial charge in [-0.05, 0) is 26.7 Å². The summed E-state index contributed by atoms with van der Waals surface area (Å²) in [5.41, 5.74) is 1.01. The zero-order valence-corrected chi connectivity index (χ0v) is 19.7. The first-order chi connectivity index (χ1) is 16.0. The van der Waals surface area contributed by atoms with Crippen molar-refractivity contribution < 1.29 is 23.9 Å². The quantitative estimate of drug-likeness (QED) is 0.496. The molecule has 0 spiro atoms. The molecule has 10 nitrogen and oxygen atoms in total. The number of amides is 2. The highest BCUT2D eigenvalue weighted by atomic mass is 16.5. The molecular formula is C23H35N5O5. The Kier molecular flexibility index (Phi) is 9.56. The molecule has 0 bridgehead atoms. The summed E-state index contributed by atoms with van der Waals surface area (Å²) in [6.45, 7) is 9.46. The smallest absolute Gasteiger partial charge is 0.310 e. The van der Waals surface area contributed by atoms with Gasteiger partial charge in [0.25, 0.3) is 5.91 Å². The van der Waals surface area contributed by atoms with Gasteiger partial charge in [0.1, 0.15) is 5.69 Å². The molecular weight excluding hydrogens is 426 g/mol. The topological polar surface area (TPSA) is 105 Å². The molecule has 2 aliphatic rings. The number of piperidine rings is 1. The Morgan fingerprint density at radius 3 is 2.64 bits per heavy atom. The van der Waals surface area contributed by atoms with Gasteiger partial charge in [-0.1, -0.05) is 0 Å². The van der Waals surface area contributed by atoms with E-state index in [9.17, 15) is 14.4 Å². The van der Waals surface area contributed by atoms with Crippen LogP contribution in [0.3, 0.4) is 0 Å². The van der Waals surface area contributed by atoms with Gasteiger partial charge in [0.2, 0.25) is 5.91 Å². The number of ether oxygens (including phenoxy) is 2. The molecule has 2 saturated heterocycles. The van der Waals surface area contributed by atoms with Gasteiger partial charge in [-0.15, -0.1) is 0 Å². The van der Waals surface area contributed by atoms with E-state index in [-0.39, 0.29) is 42.4 Å². The van der Waals surface area contributed by atoms with Gasteiger partial charge in [-0.2, -0.15) is 0 Å². The molecule has 1 aromatic heterocycles. The van der Waals surface area contributed by atoms with Gasteiger partial charge in [-0.25, -0.2) is 4.98 Å². The summed E-state index contributed by atoms with van der Waals surface area (Å²) in [6, 6.07) is 0. The number of nitrogens with zero attached hydrogens (tertiary/aromatic N) is 5. The third kappa shape index (κ3) is 7.46. The van der Waals surface area contributed by atoms with Crippen molar-refractivity contribution in [2.45, 2.75) is 33.1 Å². The Labute approximate surface area is 195 Å². The fourth-order valence-corrected chi connectivity index (χ4v) is 4.11. The number of carbonyl (C=O) groups is 3. The molecule has 0 aromatic carbocycles. The number of hydrogen-bond donors (Lipinski definition) is 0. The summed E-state index contributed by atoms with van der Waals surface area (Å²) < 4.78 is 10.5. The lowest BCUT2D eigenvalue weighted by Crippen LogP contribution is -2.46. The lowest BCUT2D eigenvalue weighted by Gasteiger charge is -2.33. The molecule has 3 heterocycles. The van der Waals surface area contributed by atoms with Crippen LogP contribution in [-0.2, 0) is 19.1 Å². The van der Waals surface area contributed by atoms with Crippen LogP contribution in [0.1, 0.15) is 42.4 Å². The summed E-state index contributed by atoms with van der Waals surface area (Å²) in [5.74, 6) is -0.797. The van der Waals surface area contributed by atoms with Crippen LogP contribution in [0.4, 0.5) is 0 Å². The van der Waals surface area contributed by atoms with Gasteiger partial charge in [0.05, 0.1) is 37.6 Å². The summed E-state index contributed by atoms with van der Waals surface area (Å²) >= 11 is 0. The average Bonchev–Trinajstić information content (AvgIpc) is 2.85. The summed E-state index contributed by atoms with van der Waals surface area (Å²) in [5, 5.41) is 0. The number of rotatable bonds is 9. The van der Waals surface area contributed by atoms with E-state index in [4.69, 9.17) is 9.47 Å². The van der Waals surface area contributed by atoms with Gasteiger partial charge in [0.15, 0.2) is 0 Å². The predicted octanol–water partition coefficient (Wildman–Crippen LogP) is 0.751. The molecule has 0 radical (unpaired) electrons. The van der Waals surface area contributed by atoms with Crippen molar-refractivity contribution in [2.75, 3.05) is 65.6 Å². The molecule has 2 fully saturated rings. The average molecular weight is 462 g/mol. The zero-order chi connectivity index (χ0) is 23.6. The molecule has 10 heteroatoms. The van der Waals surface area contributed by atoms with Crippen molar-refractivity contribution in [1.29, 1.82) is 0 Å². The molecule has 3 rings (SSSR count). The van der Waals surface area contributed by atoms with Crippen LogP contribution in [0, 0.1) is 12.8 Å². The molecule has 1 atom stereocenters. The van der Waals surface area contributed by atoms with Gasteiger partial charge in [-0.3, -0.25) is 24.3 Å². The Morgan fingerprint density at radius 1 is 1.15 bits per heavy atom. The number of aryl methyl sites for hydroxylation is 1. The van der Waals surface area contributed by atoms with Gasteiger partial charge in [0, 0.05) is 58.4 Å². The first-order valence-electron chi connectivity index (χ1n) is 11.8. The Morgan fingerprint density at radius 2 is 1.94 bits per heavy atom. The van der Waals surface area contributed by atoms with Crippen LogP contribution >= 0.6 is 0 Å². The second-order valence-corrected chi connectivity index (χ2v) is 8.47. The predicted molar refractivity (Wildman–Crippen MR) is 120 cm³/mol. The summed E-state index contributed by atoms with van der Waals surface area (Å²) in [4.78, 5) is 52.2. The molecule has 2 amide bonds. The maximum absolute atomic E-state index is 13.1. The number of likely N-dealkylation sites (tertiary alicyclic amines) is 1. The third-order valence-electron chi connectivity index (χ3n) is 6.07. The van der Waals surface area contributed by atoms with E-state index in [1.807, 2.05) is 6.92 Å². The molecule has 1 aromatic rings. The highest BCUT2D eigenvalue weighted by molar-refractivity contribution is 5.92. The molecule has 0 saturated carbocycles. The van der Waals surface area contributed by atoms with E-state index in [0.717, 1.165) is 31.6 Å². The van der Waals surface area contributed by atoms with Crippen LogP contribution < -0.4 is 0 Å². The van der Waals surface area contributed by atoms with Gasteiger partial charge < -0.3 is 19.3 Å². The first kappa shape index (κ1) is 25.0. The number of aromatic nitrogens is 2. The van der Waals surface area contributed by atoms with E-state index in [2.05, 4.69) is 14.9 Å². The third-order valence-corrected chi connectivity index (χ3v) is 6.07. The van der Waals surface area contributed by atoms with E-state index in [0.29, 0.717) is 46.0 Å². The highest BCUT2D eigenvalue weighted by Crippen LogP contribution is 2.19. The molecule has 33 heavy (non-hydrogen) atoms. The van der Waals surface area contributed by atoms with E-state index >= 15 is 0 Å². The van der Waals surface area contributed by atoms with Crippen LogP contribution in [-0.4, -0.2) is 108 Å². The molecule has 182 valence electrons. The van der Waals surface area contributed by atoms with Crippen LogP contribution in [0.5, 0.6) is 0 Å². The van der Waals surface area contributed by atoms with Crippen LogP contribution in [0.25, 0.3) is 0 Å². The molecule has 1 unspecified atom stereocenters. The number of carbonyl (C=O) groups excluding carboxylic acids is 3. The van der Waals surface area contributed by atoms with Crippen molar-refractivity contribution in [1.82, 2.24) is 24.7 Å². The number of hydrogen-bond acceptors (Lipinski definition) is 8. The van der Waals surface area contributed by atoms with Crippen molar-refractivity contribution in [3.05, 3.63) is 23.8 Å². The second-order valence-electron chi connectivity index (χ2n) is 8.47. The maximum Gasteiger partial charge on any atom is 0.310 e. The minimum Gasteiger partial charge on any atom is -0.466 e. The van der Waals surface area contributed by atoms with E-state index in [1.165, 1.54) is 6.20 Å². The SMILES string of the molecule is CCOC(=O)C1CCCN(C(=O)CCN(CCN2CCOCC2)C(=O)c2cnc(C)cn2)C1. The highest BCUT2D eigenvalue weighted by Gasteiger charge is 2.30. The normalized spacial score (nSPS) is 19.2. The van der Waals surface area contributed by atoms with E-state index < -0.39 is 0 Å². The Balaban J connectivity index is 1.59. The lowest BCUT2D eigenvalue weighted by molar-refractivity contribution is -0.151. The number of morpholine rings is 1. The van der Waals surface area contributed by atoms with Crippen molar-refractivity contribution in [2.24, 2.45) is 5.92 Å². The van der Waals surface area contributed by atoms with Crippen molar-refractivity contribution in [3.8, 4) is 0 Å². The standard InChI is InChI=1S/C23H35N5O5/c1-3-33-23(31)19-5-4-7-28(17-19)21(29)6-8-27(10-9-26-11-13-32-14-12-26)22(30)20-16-24-18(2)15-25-20/h15-16,19H,3-14,17H2,1-2H3. The molecule has 0 N–H and O–H groups in total. The minimum atomic E-state index is -0.274. The van der Waals surface area contributed by atoms with Crippen molar-refractivity contribution in [3.63, 3.8) is 0 Å². The monoisotopic (exact) mass is 461 g/mol. The van der Waals surface area contributed by atoms with E-state index in [1.54, 1.807) is 22.9 Å². The summed E-state index contributed by atoms with van der Waals surface area (Å²) in [7, 11) is 0. The van der Waals surface area contributed by atoms with Crippen molar-refractivity contribution >= 4 is 17.8 Å². The number of esters is 1. The fraction of sp³-hybridized carbons (Fsp3) is 0.696. The Bertz CT molecular complexity index is 797. The minimum absolute atomic E-state index is 0.0526. The first-order valence-corrected chi connectivity index (χ1v) is 11.8. The van der Waals surface area contributed by atoms with Crippen LogP contribution in [0.15, 0.2) is 12.4 Å².